The summed E-state index contributed by atoms with van der Waals surface area (Å²) in [6.45, 7) is 1.37. The molecule has 7 heteroatoms. The van der Waals surface area contributed by atoms with Crippen LogP contribution in [-0.4, -0.2) is 28.5 Å². The van der Waals surface area contributed by atoms with Crippen LogP contribution in [0.5, 0.6) is 0 Å². The van der Waals surface area contributed by atoms with Crippen LogP contribution in [0, 0.1) is 11.7 Å². The molecule has 0 aliphatic carbocycles. The van der Waals surface area contributed by atoms with E-state index in [-0.39, 0.29) is 17.6 Å². The van der Waals surface area contributed by atoms with Crippen LogP contribution >= 0.6 is 0 Å². The summed E-state index contributed by atoms with van der Waals surface area (Å²) >= 11 is 0. The zero-order chi connectivity index (χ0) is 18.1. The number of aryl methyl sites for hydroxylation is 1. The molecule has 0 saturated carbocycles. The Morgan fingerprint density at radius 3 is 2.81 bits per heavy atom. The van der Waals surface area contributed by atoms with E-state index in [2.05, 4.69) is 5.59 Å². The van der Waals surface area contributed by atoms with Gasteiger partial charge in [0.2, 0.25) is 0 Å². The van der Waals surface area contributed by atoms with Gasteiger partial charge in [0, 0.05) is 32.3 Å². The summed E-state index contributed by atoms with van der Waals surface area (Å²) < 4.78 is 14.9. The lowest BCUT2D eigenvalue weighted by Crippen LogP contribution is -2.41. The number of carbonyl (C=O) groups excluding carboxylic acids is 1. The van der Waals surface area contributed by atoms with Gasteiger partial charge in [-0.05, 0) is 49.2 Å². The third-order valence-electron chi connectivity index (χ3n) is 4.90. The third-order valence-corrected chi connectivity index (χ3v) is 4.90. The summed E-state index contributed by atoms with van der Waals surface area (Å²) in [5, 5.41) is 1.72. The fourth-order valence-corrected chi connectivity index (χ4v) is 3.44. The first-order valence-electron chi connectivity index (χ1n) is 8.71. The summed E-state index contributed by atoms with van der Waals surface area (Å²) in [6.07, 6.45) is 5.63. The van der Waals surface area contributed by atoms with Crippen molar-refractivity contribution in [2.45, 2.75) is 12.8 Å². The van der Waals surface area contributed by atoms with Crippen molar-refractivity contribution >= 4 is 11.6 Å². The highest BCUT2D eigenvalue weighted by atomic mass is 19.1. The normalized spacial score (nSPS) is 20.1. The van der Waals surface area contributed by atoms with Crippen molar-refractivity contribution in [2.24, 2.45) is 13.0 Å². The minimum atomic E-state index is -0.278. The monoisotopic (exact) mass is 356 g/mol. The van der Waals surface area contributed by atoms with Crippen molar-refractivity contribution in [1.82, 2.24) is 15.1 Å². The zero-order valence-electron chi connectivity index (χ0n) is 14.6. The average Bonchev–Trinajstić information content (AvgIpc) is 3.31. The molecule has 2 aliphatic heterocycles. The van der Waals surface area contributed by atoms with Crippen molar-refractivity contribution in [3.05, 3.63) is 66.1 Å². The molecule has 1 N–H and O–H groups in total. The van der Waals surface area contributed by atoms with Gasteiger partial charge >= 0.3 is 0 Å². The quantitative estimate of drug-likeness (QED) is 0.919. The van der Waals surface area contributed by atoms with E-state index in [0.717, 1.165) is 30.8 Å². The van der Waals surface area contributed by atoms with E-state index < -0.39 is 0 Å². The lowest BCUT2D eigenvalue weighted by molar-refractivity contribution is 0.0570. The fourth-order valence-electron chi connectivity index (χ4n) is 3.44. The molecule has 1 amide bonds. The molecule has 2 aliphatic rings. The number of benzene rings is 1. The summed E-state index contributed by atoms with van der Waals surface area (Å²) in [4.78, 5) is 20.3. The van der Waals surface area contributed by atoms with Gasteiger partial charge in [-0.2, -0.15) is 0 Å². The van der Waals surface area contributed by atoms with Crippen LogP contribution in [0.15, 0.2) is 54.6 Å². The van der Waals surface area contributed by atoms with E-state index in [9.17, 15) is 9.18 Å². The SMILES string of the molecule is Cn1cccc1C(=O)N1CCC[C@H](C2=CN(c3ccc(F)cc3)NO2)C1. The molecular formula is C19H21FN4O2. The molecule has 1 atom stereocenters. The molecule has 26 heavy (non-hydrogen) atoms. The van der Waals surface area contributed by atoms with Crippen molar-refractivity contribution in [3.8, 4) is 0 Å². The lowest BCUT2D eigenvalue weighted by atomic mass is 9.96. The molecule has 0 radical (unpaired) electrons. The molecule has 4 rings (SSSR count). The number of likely N-dealkylation sites (tertiary alicyclic amines) is 1. The average molecular weight is 356 g/mol. The van der Waals surface area contributed by atoms with Gasteiger partial charge in [-0.3, -0.25) is 4.79 Å². The van der Waals surface area contributed by atoms with Crippen molar-refractivity contribution in [1.29, 1.82) is 0 Å². The first-order valence-corrected chi connectivity index (χ1v) is 8.71. The number of carbonyl (C=O) groups is 1. The van der Waals surface area contributed by atoms with Crippen molar-refractivity contribution < 1.29 is 14.0 Å². The van der Waals surface area contributed by atoms with Crippen LogP contribution in [0.3, 0.4) is 0 Å². The number of hydrazine groups is 1. The summed E-state index contributed by atoms with van der Waals surface area (Å²) in [5.41, 5.74) is 4.31. The van der Waals surface area contributed by atoms with E-state index in [1.54, 1.807) is 17.1 Å². The van der Waals surface area contributed by atoms with Crippen LogP contribution in [0.1, 0.15) is 23.3 Å². The van der Waals surface area contributed by atoms with Crippen LogP contribution in [0.25, 0.3) is 0 Å². The smallest absolute Gasteiger partial charge is 0.270 e. The van der Waals surface area contributed by atoms with Crippen LogP contribution in [-0.2, 0) is 11.9 Å². The topological polar surface area (TPSA) is 49.7 Å². The Morgan fingerprint density at radius 2 is 2.08 bits per heavy atom. The van der Waals surface area contributed by atoms with E-state index in [4.69, 9.17) is 4.84 Å². The standard InChI is InChI=1S/C19H21FN4O2/c1-22-10-3-5-17(22)19(25)23-11-2-4-14(12-23)18-13-24(21-26-18)16-8-6-15(20)7-9-16/h3,5-10,13-14,21H,2,4,11-12H2,1H3/t14-/m0/s1. The lowest BCUT2D eigenvalue weighted by Gasteiger charge is -2.32. The Morgan fingerprint density at radius 1 is 1.27 bits per heavy atom. The second-order valence-corrected chi connectivity index (χ2v) is 6.67. The molecule has 0 unspecified atom stereocenters. The van der Waals surface area contributed by atoms with E-state index in [1.807, 2.05) is 41.0 Å². The maximum absolute atomic E-state index is 13.1. The van der Waals surface area contributed by atoms with Gasteiger partial charge in [0.05, 0.1) is 11.9 Å². The van der Waals surface area contributed by atoms with Crippen LogP contribution < -0.4 is 10.6 Å². The summed E-state index contributed by atoms with van der Waals surface area (Å²) in [5.74, 6) is 0.689. The highest BCUT2D eigenvalue weighted by Crippen LogP contribution is 2.29. The number of hydrogen-bond acceptors (Lipinski definition) is 4. The fraction of sp³-hybridized carbons (Fsp3) is 0.316. The maximum atomic E-state index is 13.1. The summed E-state index contributed by atoms with van der Waals surface area (Å²) in [6, 6.07) is 9.89. The molecular weight excluding hydrogens is 335 g/mol. The largest absolute Gasteiger partial charge is 0.391 e. The predicted octanol–water partition coefficient (Wildman–Crippen LogP) is 2.81. The molecule has 0 spiro atoms. The number of aromatic nitrogens is 1. The van der Waals surface area contributed by atoms with Gasteiger partial charge in [-0.15, -0.1) is 0 Å². The molecule has 0 bridgehead atoms. The van der Waals surface area contributed by atoms with Gasteiger partial charge in [0.15, 0.2) is 0 Å². The minimum absolute atomic E-state index is 0.0455. The molecule has 6 nitrogen and oxygen atoms in total. The molecule has 2 aromatic rings. The summed E-state index contributed by atoms with van der Waals surface area (Å²) in [7, 11) is 1.88. The van der Waals surface area contributed by atoms with Crippen LogP contribution in [0.2, 0.25) is 0 Å². The van der Waals surface area contributed by atoms with Crippen LogP contribution in [0.4, 0.5) is 10.1 Å². The molecule has 3 heterocycles. The number of anilines is 1. The third kappa shape index (κ3) is 3.17. The maximum Gasteiger partial charge on any atom is 0.270 e. The predicted molar refractivity (Wildman–Crippen MR) is 95.2 cm³/mol. The van der Waals surface area contributed by atoms with Crippen molar-refractivity contribution in [3.63, 3.8) is 0 Å². The Kier molecular flexibility index (Phi) is 4.38. The second-order valence-electron chi connectivity index (χ2n) is 6.67. The van der Waals surface area contributed by atoms with Crippen molar-refractivity contribution in [2.75, 3.05) is 18.1 Å². The Bertz CT molecular complexity index is 830. The van der Waals surface area contributed by atoms with Gasteiger partial charge in [0.1, 0.15) is 17.3 Å². The molecule has 1 fully saturated rings. The highest BCUT2D eigenvalue weighted by Gasteiger charge is 2.31. The van der Waals surface area contributed by atoms with Gasteiger partial charge in [0.25, 0.3) is 5.91 Å². The van der Waals surface area contributed by atoms with E-state index >= 15 is 0 Å². The number of halogens is 1. The van der Waals surface area contributed by atoms with E-state index in [0.29, 0.717) is 12.2 Å². The van der Waals surface area contributed by atoms with E-state index in [1.165, 1.54) is 12.1 Å². The molecule has 136 valence electrons. The Labute approximate surface area is 151 Å². The highest BCUT2D eigenvalue weighted by molar-refractivity contribution is 5.92. The number of hydrogen-bond donors (Lipinski definition) is 1. The van der Waals surface area contributed by atoms with Gasteiger partial charge in [-0.1, -0.05) is 5.59 Å². The Balaban J connectivity index is 1.46. The first kappa shape index (κ1) is 16.7. The van der Waals surface area contributed by atoms with Gasteiger partial charge in [-0.25, -0.2) is 9.40 Å². The first-order chi connectivity index (χ1) is 12.6. The number of rotatable bonds is 3. The van der Waals surface area contributed by atoms with Gasteiger partial charge < -0.3 is 14.3 Å². The molecule has 1 aromatic heterocycles. The molecule has 1 aromatic carbocycles. The number of nitrogens with zero attached hydrogens (tertiary/aromatic N) is 3. The number of nitrogens with one attached hydrogen (secondary N) is 1. The zero-order valence-corrected chi connectivity index (χ0v) is 14.6. The molecule has 1 saturated heterocycles. The number of piperidine rings is 1. The minimum Gasteiger partial charge on any atom is -0.391 e. The second kappa shape index (κ2) is 6.84. The Hall–Kier alpha value is -2.80. The number of amides is 1.